The fraction of sp³-hybridized carbons (Fsp3) is 0.227. The molecule has 1 aliphatic rings. The maximum atomic E-state index is 5.83. The largest absolute Gasteiger partial charge is 0.399 e. The van der Waals surface area contributed by atoms with E-state index in [4.69, 9.17) is 11.5 Å². The second-order valence-corrected chi connectivity index (χ2v) is 12.7. The second-order valence-electron chi connectivity index (χ2n) is 12.7. The zero-order chi connectivity index (χ0) is 32.9. The number of benzene rings is 3. The normalized spacial score (nSPS) is 14.5. The minimum absolute atomic E-state index is 0.700. The highest BCUT2D eigenvalue weighted by Crippen LogP contribution is 2.27. The van der Waals surface area contributed by atoms with Crippen molar-refractivity contribution in [2.75, 3.05) is 5.73 Å². The summed E-state index contributed by atoms with van der Waals surface area (Å²) in [7, 11) is 0. The summed E-state index contributed by atoms with van der Waals surface area (Å²) in [6.07, 6.45) is 23.7. The fourth-order valence-electron chi connectivity index (χ4n) is 5.76. The average Bonchev–Trinajstić information content (AvgIpc) is 3.06. The van der Waals surface area contributed by atoms with E-state index in [-0.39, 0.29) is 0 Å². The first-order valence-electron chi connectivity index (χ1n) is 16.3. The molecule has 3 aromatic carbocycles. The molecule has 2 nitrogen and oxygen atoms in total. The second kappa shape index (κ2) is 17.0. The molecule has 3 aromatic rings. The summed E-state index contributed by atoms with van der Waals surface area (Å²) >= 11 is 0. The zero-order valence-electron chi connectivity index (χ0n) is 28.0. The van der Waals surface area contributed by atoms with Gasteiger partial charge in [0, 0.05) is 11.4 Å². The molecule has 0 amide bonds. The molecule has 1 aliphatic carbocycles. The van der Waals surface area contributed by atoms with E-state index < -0.39 is 0 Å². The molecule has 46 heavy (non-hydrogen) atoms. The molecule has 4 N–H and O–H groups in total. The van der Waals surface area contributed by atoms with Crippen LogP contribution in [0.3, 0.4) is 0 Å². The molecular weight excluding hydrogens is 556 g/mol. The Labute approximate surface area is 277 Å². The maximum absolute atomic E-state index is 5.83. The maximum Gasteiger partial charge on any atom is 0.0314 e. The van der Waals surface area contributed by atoms with Crippen LogP contribution in [0.1, 0.15) is 66.5 Å². The Morgan fingerprint density at radius 2 is 1.24 bits per heavy atom. The van der Waals surface area contributed by atoms with E-state index in [9.17, 15) is 0 Å². The summed E-state index contributed by atoms with van der Waals surface area (Å²) in [5.74, 6) is 0. The number of anilines is 1. The summed E-state index contributed by atoms with van der Waals surface area (Å²) < 4.78 is 0. The van der Waals surface area contributed by atoms with E-state index in [1.165, 1.54) is 61.2 Å². The first-order valence-corrected chi connectivity index (χ1v) is 16.3. The number of rotatable bonds is 14. The van der Waals surface area contributed by atoms with E-state index in [1.807, 2.05) is 24.3 Å². The summed E-state index contributed by atoms with van der Waals surface area (Å²) in [5.41, 5.74) is 28.0. The number of allylic oxidation sites excluding steroid dienone is 13. The van der Waals surface area contributed by atoms with Crippen molar-refractivity contribution in [1.82, 2.24) is 0 Å². The molecule has 4 rings (SSSR count). The van der Waals surface area contributed by atoms with Gasteiger partial charge in [-0.15, -0.1) is 0 Å². The third-order valence-corrected chi connectivity index (χ3v) is 8.59. The summed E-state index contributed by atoms with van der Waals surface area (Å²) in [5, 5.41) is 0. The van der Waals surface area contributed by atoms with Gasteiger partial charge in [-0.25, -0.2) is 0 Å². The molecule has 0 unspecified atom stereocenters. The Balaban J connectivity index is 1.30. The minimum Gasteiger partial charge on any atom is -0.399 e. The van der Waals surface area contributed by atoms with Gasteiger partial charge in [-0.1, -0.05) is 127 Å². The van der Waals surface area contributed by atoms with Crippen molar-refractivity contribution in [3.8, 4) is 0 Å². The summed E-state index contributed by atoms with van der Waals surface area (Å²) in [6.45, 7) is 14.3. The van der Waals surface area contributed by atoms with Gasteiger partial charge in [-0.2, -0.15) is 0 Å². The molecule has 0 saturated heterocycles. The Hall–Kier alpha value is -4.82. The predicted octanol–water partition coefficient (Wildman–Crippen LogP) is 10.6. The number of nitrogen functional groups attached to an aromatic ring is 1. The lowest BCUT2D eigenvalue weighted by molar-refractivity contribution is 0.837. The average molecular weight is 607 g/mol. The number of hydrogen-bond acceptors (Lipinski definition) is 2. The lowest BCUT2D eigenvalue weighted by atomic mass is 9.89. The van der Waals surface area contributed by atoms with Gasteiger partial charge in [-0.05, 0) is 129 Å². The summed E-state index contributed by atoms with van der Waals surface area (Å²) in [4.78, 5) is 0. The monoisotopic (exact) mass is 606 g/mol. The molecule has 0 aromatic heterocycles. The van der Waals surface area contributed by atoms with Gasteiger partial charge in [0.2, 0.25) is 0 Å². The molecule has 2 heteroatoms. The Morgan fingerprint density at radius 1 is 0.652 bits per heavy atom. The molecule has 236 valence electrons. The van der Waals surface area contributed by atoms with E-state index in [0.29, 0.717) is 5.70 Å². The zero-order valence-corrected chi connectivity index (χ0v) is 28.0. The van der Waals surface area contributed by atoms with Gasteiger partial charge in [-0.3, -0.25) is 0 Å². The van der Waals surface area contributed by atoms with Crippen molar-refractivity contribution >= 4 is 5.69 Å². The topological polar surface area (TPSA) is 52.0 Å². The van der Waals surface area contributed by atoms with Crippen LogP contribution in [0.15, 0.2) is 162 Å². The third kappa shape index (κ3) is 11.0. The smallest absolute Gasteiger partial charge is 0.0314 e. The highest BCUT2D eigenvalue weighted by molar-refractivity contribution is 5.42. The van der Waals surface area contributed by atoms with Crippen LogP contribution in [0, 0.1) is 6.92 Å². The van der Waals surface area contributed by atoms with Crippen LogP contribution in [0.2, 0.25) is 0 Å². The lowest BCUT2D eigenvalue weighted by Gasteiger charge is -2.17. The van der Waals surface area contributed by atoms with Crippen LogP contribution in [-0.4, -0.2) is 0 Å². The number of nitrogens with two attached hydrogens (primary N) is 2. The standard InChI is InChI=1S/C44H50N2/c1-6-35(10-8-32(3)26-37-20-24-44(46)25-21-37)29-38-13-15-39(16-14-38)30-41-19-22-42(34(5)28-41)31-40-17-11-36(12-18-40)27-33(4)9-23-43(45)7-2/h6-11,13-17,19-25,28H,1-2,12,18,26-27,29-31,45-46H2,3-5H3/b32-8+,33-9+,35-10+,43-23+. The van der Waals surface area contributed by atoms with Crippen molar-refractivity contribution < 1.29 is 0 Å². The van der Waals surface area contributed by atoms with Crippen LogP contribution in [0.5, 0.6) is 0 Å². The van der Waals surface area contributed by atoms with E-state index in [2.05, 4.69) is 119 Å². The Morgan fingerprint density at radius 3 is 1.89 bits per heavy atom. The van der Waals surface area contributed by atoms with Gasteiger partial charge in [0.1, 0.15) is 0 Å². The highest BCUT2D eigenvalue weighted by Gasteiger charge is 2.10. The SMILES string of the molecule is C=C/C(=C\C=C(/C)Cc1ccc(N)cc1)Cc1ccc(Cc2ccc(CC3=CC=C(C/C(C)=C/C=C(/N)C=C)CC3)c(C)c2)cc1. The van der Waals surface area contributed by atoms with Gasteiger partial charge >= 0.3 is 0 Å². The van der Waals surface area contributed by atoms with Gasteiger partial charge in [0.25, 0.3) is 0 Å². The Bertz CT molecular complexity index is 1700. The molecule has 0 heterocycles. The molecule has 0 aliphatic heterocycles. The van der Waals surface area contributed by atoms with Gasteiger partial charge < -0.3 is 11.5 Å². The van der Waals surface area contributed by atoms with Crippen LogP contribution in [0.4, 0.5) is 5.69 Å². The quantitative estimate of drug-likeness (QED) is 0.142. The van der Waals surface area contributed by atoms with Crippen LogP contribution >= 0.6 is 0 Å². The van der Waals surface area contributed by atoms with E-state index >= 15 is 0 Å². The lowest BCUT2D eigenvalue weighted by Crippen LogP contribution is -2.00. The first-order chi connectivity index (χ1) is 22.2. The molecule has 0 fully saturated rings. The number of aryl methyl sites for hydroxylation is 1. The fourth-order valence-corrected chi connectivity index (χ4v) is 5.76. The van der Waals surface area contributed by atoms with E-state index in [1.54, 1.807) is 6.08 Å². The first kappa shape index (κ1) is 34.1. The minimum atomic E-state index is 0.700. The molecular formula is C44H50N2. The molecule has 0 bridgehead atoms. The summed E-state index contributed by atoms with van der Waals surface area (Å²) in [6, 6.07) is 24.1. The predicted molar refractivity (Wildman–Crippen MR) is 201 cm³/mol. The third-order valence-electron chi connectivity index (χ3n) is 8.59. The molecule has 0 radical (unpaired) electrons. The molecule has 0 atom stereocenters. The van der Waals surface area contributed by atoms with Crippen molar-refractivity contribution in [2.24, 2.45) is 5.73 Å². The van der Waals surface area contributed by atoms with Crippen LogP contribution in [-0.2, 0) is 25.7 Å². The van der Waals surface area contributed by atoms with Crippen molar-refractivity contribution in [2.45, 2.75) is 65.7 Å². The highest BCUT2D eigenvalue weighted by atomic mass is 14.5. The van der Waals surface area contributed by atoms with Gasteiger partial charge in [0.05, 0.1) is 0 Å². The van der Waals surface area contributed by atoms with Crippen LogP contribution in [0.25, 0.3) is 0 Å². The Kier molecular flexibility index (Phi) is 12.6. The molecule has 0 saturated carbocycles. The van der Waals surface area contributed by atoms with Crippen molar-refractivity contribution in [3.05, 3.63) is 195 Å². The van der Waals surface area contributed by atoms with Gasteiger partial charge in [0.15, 0.2) is 0 Å². The van der Waals surface area contributed by atoms with E-state index in [0.717, 1.165) is 50.6 Å². The van der Waals surface area contributed by atoms with Crippen molar-refractivity contribution in [3.63, 3.8) is 0 Å². The number of hydrogen-bond donors (Lipinski definition) is 2. The molecule has 0 spiro atoms. The van der Waals surface area contributed by atoms with Crippen LogP contribution < -0.4 is 11.5 Å². The van der Waals surface area contributed by atoms with Crippen molar-refractivity contribution in [1.29, 1.82) is 0 Å².